The second kappa shape index (κ2) is 8.22. The highest BCUT2D eigenvalue weighted by Gasteiger charge is 2.33. The minimum absolute atomic E-state index is 0.0820. The van der Waals surface area contributed by atoms with Gasteiger partial charge in [0.2, 0.25) is 0 Å². The van der Waals surface area contributed by atoms with Gasteiger partial charge in [0.25, 0.3) is 0 Å². The van der Waals surface area contributed by atoms with Crippen LogP contribution in [-0.2, 0) is 30.7 Å². The molecule has 1 aliphatic rings. The van der Waals surface area contributed by atoms with Gasteiger partial charge in [0.15, 0.2) is 5.82 Å². The first-order valence-corrected chi connectivity index (χ1v) is 9.32. The van der Waals surface area contributed by atoms with Gasteiger partial charge in [0.1, 0.15) is 12.4 Å². The fraction of sp³-hybridized carbons (Fsp3) is 0.286. The van der Waals surface area contributed by atoms with Crippen molar-refractivity contribution in [2.45, 2.75) is 32.0 Å². The van der Waals surface area contributed by atoms with E-state index in [0.717, 1.165) is 18.5 Å². The largest absolute Gasteiger partial charge is 0.377 e. The van der Waals surface area contributed by atoms with Gasteiger partial charge in [0.05, 0.1) is 6.54 Å². The zero-order chi connectivity index (χ0) is 19.3. The Bertz CT molecular complexity index is 941. The predicted molar refractivity (Wildman–Crippen MR) is 106 cm³/mol. The van der Waals surface area contributed by atoms with Crippen molar-refractivity contribution in [2.75, 3.05) is 12.0 Å². The predicted octanol–water partition coefficient (Wildman–Crippen LogP) is 2.83. The molecule has 0 fully saturated rings. The van der Waals surface area contributed by atoms with E-state index in [1.54, 1.807) is 7.11 Å². The van der Waals surface area contributed by atoms with E-state index in [0.29, 0.717) is 18.3 Å². The van der Waals surface area contributed by atoms with E-state index in [1.807, 2.05) is 41.3 Å². The van der Waals surface area contributed by atoms with Crippen LogP contribution in [0.1, 0.15) is 22.8 Å². The number of aromatic amines is 1. The molecule has 0 radical (unpaired) electrons. The summed E-state index contributed by atoms with van der Waals surface area (Å²) in [5.74, 6) is 1.17. The number of aromatic nitrogens is 3. The van der Waals surface area contributed by atoms with E-state index >= 15 is 0 Å². The molecule has 0 saturated carbocycles. The Morgan fingerprint density at radius 2 is 2.00 bits per heavy atom. The second-order valence-electron chi connectivity index (χ2n) is 6.84. The van der Waals surface area contributed by atoms with Gasteiger partial charge in [-0.25, -0.2) is 9.78 Å². The van der Waals surface area contributed by atoms with Crippen LogP contribution in [0.3, 0.4) is 0 Å². The van der Waals surface area contributed by atoms with Crippen molar-refractivity contribution in [3.05, 3.63) is 77.4 Å². The number of rotatable bonds is 6. The number of amides is 2. The zero-order valence-corrected chi connectivity index (χ0v) is 15.8. The average Bonchev–Trinajstić information content (AvgIpc) is 3.31. The molecule has 7 nitrogen and oxygen atoms in total. The minimum atomic E-state index is -0.129. The molecule has 0 bridgehead atoms. The molecule has 2 aromatic carbocycles. The van der Waals surface area contributed by atoms with E-state index < -0.39 is 0 Å². The molecule has 2 N–H and O–H groups in total. The second-order valence-corrected chi connectivity index (χ2v) is 6.84. The maximum Gasteiger partial charge on any atom is 0.322 e. The van der Waals surface area contributed by atoms with Crippen LogP contribution in [0.2, 0.25) is 0 Å². The molecule has 4 rings (SSSR count). The van der Waals surface area contributed by atoms with Crippen LogP contribution < -0.4 is 10.2 Å². The third-order valence-corrected chi connectivity index (χ3v) is 4.86. The van der Waals surface area contributed by atoms with Crippen molar-refractivity contribution in [2.24, 2.45) is 0 Å². The van der Waals surface area contributed by atoms with Gasteiger partial charge in [0, 0.05) is 18.8 Å². The zero-order valence-electron chi connectivity index (χ0n) is 15.8. The van der Waals surface area contributed by atoms with Crippen LogP contribution in [0.5, 0.6) is 0 Å². The SMILES string of the molecule is COCc1n[nH]c(CNC(=O)N2c3ccccc3CC2Cc2ccccc2)n1. The lowest BCUT2D eigenvalue weighted by atomic mass is 10.0. The maximum atomic E-state index is 13.0. The summed E-state index contributed by atoms with van der Waals surface area (Å²) in [7, 11) is 1.59. The summed E-state index contributed by atoms with van der Waals surface area (Å²) in [6, 6.07) is 18.3. The number of carbonyl (C=O) groups excluding carboxylic acids is 1. The van der Waals surface area contributed by atoms with Gasteiger partial charge in [-0.1, -0.05) is 48.5 Å². The third-order valence-electron chi connectivity index (χ3n) is 4.86. The van der Waals surface area contributed by atoms with E-state index in [1.165, 1.54) is 11.1 Å². The first-order valence-electron chi connectivity index (χ1n) is 9.32. The molecule has 1 unspecified atom stereocenters. The summed E-state index contributed by atoms with van der Waals surface area (Å²) in [5, 5.41) is 9.86. The van der Waals surface area contributed by atoms with Gasteiger partial charge >= 0.3 is 6.03 Å². The fourth-order valence-corrected chi connectivity index (χ4v) is 3.64. The Balaban J connectivity index is 1.48. The van der Waals surface area contributed by atoms with Gasteiger partial charge in [-0.3, -0.25) is 10.00 Å². The van der Waals surface area contributed by atoms with Crippen molar-refractivity contribution in [1.82, 2.24) is 20.5 Å². The van der Waals surface area contributed by atoms with Crippen molar-refractivity contribution in [3.63, 3.8) is 0 Å². The number of para-hydroxylation sites is 1. The van der Waals surface area contributed by atoms with Crippen molar-refractivity contribution in [3.8, 4) is 0 Å². The summed E-state index contributed by atoms with van der Waals surface area (Å²) in [4.78, 5) is 19.2. The molecule has 1 atom stereocenters. The molecule has 1 aliphatic heterocycles. The normalized spacial score (nSPS) is 15.5. The highest BCUT2D eigenvalue weighted by molar-refractivity contribution is 5.95. The number of hydrogen-bond donors (Lipinski definition) is 2. The third kappa shape index (κ3) is 3.89. The van der Waals surface area contributed by atoms with E-state index in [-0.39, 0.29) is 18.6 Å². The highest BCUT2D eigenvalue weighted by atomic mass is 16.5. The first-order chi connectivity index (χ1) is 13.7. The van der Waals surface area contributed by atoms with Crippen LogP contribution in [-0.4, -0.2) is 34.4 Å². The highest BCUT2D eigenvalue weighted by Crippen LogP contribution is 2.33. The van der Waals surface area contributed by atoms with Gasteiger partial charge in [-0.15, -0.1) is 0 Å². The lowest BCUT2D eigenvalue weighted by molar-refractivity contribution is 0.178. The average molecular weight is 377 g/mol. The molecule has 0 aliphatic carbocycles. The minimum Gasteiger partial charge on any atom is -0.377 e. The number of H-pyrrole nitrogens is 1. The number of nitrogens with zero attached hydrogens (tertiary/aromatic N) is 3. The summed E-state index contributed by atoms with van der Waals surface area (Å²) < 4.78 is 5.02. The van der Waals surface area contributed by atoms with Crippen LogP contribution in [0.15, 0.2) is 54.6 Å². The topological polar surface area (TPSA) is 83.1 Å². The van der Waals surface area contributed by atoms with Crippen molar-refractivity contribution < 1.29 is 9.53 Å². The van der Waals surface area contributed by atoms with Crippen molar-refractivity contribution >= 4 is 11.7 Å². The van der Waals surface area contributed by atoms with E-state index in [2.05, 4.69) is 38.7 Å². The molecule has 28 heavy (non-hydrogen) atoms. The molecular formula is C21H23N5O2. The lowest BCUT2D eigenvalue weighted by Crippen LogP contribution is -2.45. The number of urea groups is 1. The monoisotopic (exact) mass is 377 g/mol. The Hall–Kier alpha value is -3.19. The Kier molecular flexibility index (Phi) is 5.34. The standard InChI is InChI=1S/C21H23N5O2/c1-28-14-20-23-19(24-25-20)13-22-21(27)26-17(11-15-7-3-2-4-8-15)12-16-9-5-6-10-18(16)26/h2-10,17H,11-14H2,1H3,(H,22,27)(H,23,24,25). The van der Waals surface area contributed by atoms with Gasteiger partial charge in [-0.2, -0.15) is 5.10 Å². The molecule has 7 heteroatoms. The quantitative estimate of drug-likeness (QED) is 0.692. The summed E-state index contributed by atoms with van der Waals surface area (Å²) in [5.41, 5.74) is 3.39. The number of methoxy groups -OCH3 is 1. The summed E-state index contributed by atoms with van der Waals surface area (Å²) >= 11 is 0. The number of benzene rings is 2. The van der Waals surface area contributed by atoms with E-state index in [9.17, 15) is 4.79 Å². The molecule has 2 heterocycles. The van der Waals surface area contributed by atoms with Gasteiger partial charge < -0.3 is 10.1 Å². The molecule has 144 valence electrons. The fourth-order valence-electron chi connectivity index (χ4n) is 3.64. The molecule has 2 amide bonds. The number of ether oxygens (including phenoxy) is 1. The smallest absolute Gasteiger partial charge is 0.322 e. The molecule has 1 aromatic heterocycles. The van der Waals surface area contributed by atoms with Crippen LogP contribution in [0.25, 0.3) is 0 Å². The number of fused-ring (bicyclic) bond motifs is 1. The Morgan fingerprint density at radius 1 is 1.21 bits per heavy atom. The van der Waals surface area contributed by atoms with Crippen LogP contribution in [0, 0.1) is 0 Å². The molecular weight excluding hydrogens is 354 g/mol. The van der Waals surface area contributed by atoms with E-state index in [4.69, 9.17) is 4.74 Å². The Labute approximate surface area is 163 Å². The van der Waals surface area contributed by atoms with Crippen LogP contribution >= 0.6 is 0 Å². The number of nitrogens with one attached hydrogen (secondary N) is 2. The summed E-state index contributed by atoms with van der Waals surface area (Å²) in [6.07, 6.45) is 1.65. The lowest BCUT2D eigenvalue weighted by Gasteiger charge is -2.26. The van der Waals surface area contributed by atoms with Crippen LogP contribution in [0.4, 0.5) is 10.5 Å². The number of carbonyl (C=O) groups is 1. The number of hydrogen-bond acceptors (Lipinski definition) is 4. The summed E-state index contributed by atoms with van der Waals surface area (Å²) in [6.45, 7) is 0.620. The Morgan fingerprint density at radius 3 is 2.82 bits per heavy atom. The number of anilines is 1. The molecule has 0 saturated heterocycles. The van der Waals surface area contributed by atoms with Crippen molar-refractivity contribution in [1.29, 1.82) is 0 Å². The van der Waals surface area contributed by atoms with Gasteiger partial charge in [-0.05, 0) is 30.0 Å². The maximum absolute atomic E-state index is 13.0. The molecule has 0 spiro atoms. The first kappa shape index (κ1) is 18.2. The molecule has 3 aromatic rings.